The summed E-state index contributed by atoms with van der Waals surface area (Å²) in [5, 5.41) is 0. The van der Waals surface area contributed by atoms with Gasteiger partial charge in [-0.05, 0) is 42.5 Å². The number of benzene rings is 1. The number of aryl methyl sites for hydroxylation is 1. The van der Waals surface area contributed by atoms with Crippen molar-refractivity contribution in [1.82, 2.24) is 0 Å². The van der Waals surface area contributed by atoms with E-state index in [1.807, 2.05) is 33.8 Å². The van der Waals surface area contributed by atoms with Gasteiger partial charge in [0.15, 0.2) is 0 Å². The molecule has 0 fully saturated rings. The Labute approximate surface area is 85.1 Å². The zero-order chi connectivity index (χ0) is 10.9. The third kappa shape index (κ3) is 2.13. The first kappa shape index (κ1) is 11.2. The third-order valence-electron chi connectivity index (χ3n) is 2.50. The molecule has 1 rings (SSSR count). The zero-order valence-corrected chi connectivity index (χ0v) is 9.26. The average Bonchev–Trinajstić information content (AvgIpc) is 2.02. The summed E-state index contributed by atoms with van der Waals surface area (Å²) in [7, 11) is 0. The first-order valence-corrected chi connectivity index (χ1v) is 4.99. The summed E-state index contributed by atoms with van der Waals surface area (Å²) in [5.41, 5.74) is 8.53. The van der Waals surface area contributed by atoms with Crippen LogP contribution in [0.15, 0.2) is 12.1 Å². The second-order valence-electron chi connectivity index (χ2n) is 4.17. The fourth-order valence-corrected chi connectivity index (χ4v) is 1.64. The van der Waals surface area contributed by atoms with Gasteiger partial charge in [-0.25, -0.2) is 4.39 Å². The smallest absolute Gasteiger partial charge is 0.126 e. The van der Waals surface area contributed by atoms with Crippen LogP contribution >= 0.6 is 0 Å². The van der Waals surface area contributed by atoms with Gasteiger partial charge in [0.1, 0.15) is 5.82 Å². The number of hydrogen-bond acceptors (Lipinski definition) is 1. The van der Waals surface area contributed by atoms with Gasteiger partial charge in [0.2, 0.25) is 0 Å². The molecule has 0 spiro atoms. The average molecular weight is 195 g/mol. The van der Waals surface area contributed by atoms with E-state index in [4.69, 9.17) is 5.73 Å². The van der Waals surface area contributed by atoms with Gasteiger partial charge in [-0.2, -0.15) is 0 Å². The van der Waals surface area contributed by atoms with E-state index in [9.17, 15) is 4.39 Å². The van der Waals surface area contributed by atoms with E-state index in [1.54, 1.807) is 6.07 Å². The van der Waals surface area contributed by atoms with E-state index in [1.165, 1.54) is 0 Å². The summed E-state index contributed by atoms with van der Waals surface area (Å²) >= 11 is 0. The molecule has 0 saturated heterocycles. The first-order chi connectivity index (χ1) is 6.43. The van der Waals surface area contributed by atoms with Gasteiger partial charge in [-0.1, -0.05) is 19.9 Å². The van der Waals surface area contributed by atoms with Gasteiger partial charge in [0.25, 0.3) is 0 Å². The van der Waals surface area contributed by atoms with E-state index in [0.717, 1.165) is 16.7 Å². The largest absolute Gasteiger partial charge is 0.324 e. The van der Waals surface area contributed by atoms with Crippen molar-refractivity contribution < 1.29 is 4.39 Å². The molecule has 0 aromatic heterocycles. The van der Waals surface area contributed by atoms with Gasteiger partial charge in [0, 0.05) is 6.04 Å². The van der Waals surface area contributed by atoms with E-state index in [2.05, 4.69) is 0 Å². The Morgan fingerprint density at radius 1 is 1.14 bits per heavy atom. The van der Waals surface area contributed by atoms with Crippen molar-refractivity contribution in [3.63, 3.8) is 0 Å². The van der Waals surface area contributed by atoms with Crippen molar-refractivity contribution in [1.29, 1.82) is 0 Å². The molecule has 1 unspecified atom stereocenters. The van der Waals surface area contributed by atoms with Crippen LogP contribution in [0.25, 0.3) is 0 Å². The summed E-state index contributed by atoms with van der Waals surface area (Å²) in [4.78, 5) is 0. The van der Waals surface area contributed by atoms with Crippen LogP contribution in [0.2, 0.25) is 0 Å². The molecule has 1 aromatic rings. The second kappa shape index (κ2) is 4.09. The molecule has 1 nitrogen and oxygen atoms in total. The van der Waals surface area contributed by atoms with E-state index in [-0.39, 0.29) is 17.8 Å². The Hall–Kier alpha value is -0.890. The molecule has 0 heterocycles. The monoisotopic (exact) mass is 195 g/mol. The molecule has 78 valence electrons. The number of hydrogen-bond donors (Lipinski definition) is 1. The maximum absolute atomic E-state index is 13.5. The summed E-state index contributed by atoms with van der Waals surface area (Å²) in [6, 6.07) is 3.43. The molecule has 0 aliphatic rings. The SMILES string of the molecule is Cc1cc(F)c(C(C)C)cc1C(C)N. The fourth-order valence-electron chi connectivity index (χ4n) is 1.64. The summed E-state index contributed by atoms with van der Waals surface area (Å²) in [6.45, 7) is 7.79. The van der Waals surface area contributed by atoms with Crippen LogP contribution in [-0.2, 0) is 0 Å². The van der Waals surface area contributed by atoms with Gasteiger partial charge < -0.3 is 5.73 Å². The molecule has 0 saturated carbocycles. The second-order valence-corrected chi connectivity index (χ2v) is 4.17. The van der Waals surface area contributed by atoms with Crippen LogP contribution in [0.4, 0.5) is 4.39 Å². The Bertz CT molecular complexity index is 300. The molecule has 2 heteroatoms. The lowest BCUT2D eigenvalue weighted by Gasteiger charge is -2.15. The minimum absolute atomic E-state index is 0.0342. The third-order valence-corrected chi connectivity index (χ3v) is 2.50. The highest BCUT2D eigenvalue weighted by atomic mass is 19.1. The van der Waals surface area contributed by atoms with Crippen molar-refractivity contribution in [3.8, 4) is 0 Å². The lowest BCUT2D eigenvalue weighted by molar-refractivity contribution is 0.594. The minimum Gasteiger partial charge on any atom is -0.324 e. The highest BCUT2D eigenvalue weighted by Gasteiger charge is 2.12. The molecule has 0 amide bonds. The molecule has 1 aromatic carbocycles. The molecule has 0 bridgehead atoms. The predicted molar refractivity (Wildman–Crippen MR) is 57.8 cm³/mol. The molecule has 0 radical (unpaired) electrons. The van der Waals surface area contributed by atoms with Crippen molar-refractivity contribution in [2.75, 3.05) is 0 Å². The van der Waals surface area contributed by atoms with E-state index < -0.39 is 0 Å². The standard InChI is InChI=1S/C12H18FN/c1-7(2)10-6-11(9(4)14)8(3)5-12(10)13/h5-7,9H,14H2,1-4H3. The Balaban J connectivity index is 3.27. The lowest BCUT2D eigenvalue weighted by atomic mass is 9.94. The van der Waals surface area contributed by atoms with Crippen LogP contribution < -0.4 is 5.73 Å². The zero-order valence-electron chi connectivity index (χ0n) is 9.26. The van der Waals surface area contributed by atoms with E-state index in [0.29, 0.717) is 0 Å². The number of rotatable bonds is 2. The Kier molecular flexibility index (Phi) is 3.27. The summed E-state index contributed by atoms with van der Waals surface area (Å²) < 4.78 is 13.5. The highest BCUT2D eigenvalue weighted by molar-refractivity contribution is 5.35. The molecule has 0 aliphatic heterocycles. The van der Waals surface area contributed by atoms with Gasteiger partial charge in [-0.15, -0.1) is 0 Å². The molecular formula is C12H18FN. The van der Waals surface area contributed by atoms with E-state index >= 15 is 0 Å². The highest BCUT2D eigenvalue weighted by Crippen LogP contribution is 2.25. The first-order valence-electron chi connectivity index (χ1n) is 4.99. The minimum atomic E-state index is -0.123. The molecule has 1 atom stereocenters. The topological polar surface area (TPSA) is 26.0 Å². The van der Waals surface area contributed by atoms with Gasteiger partial charge in [0.05, 0.1) is 0 Å². The number of halogens is 1. The number of nitrogens with two attached hydrogens (primary N) is 1. The van der Waals surface area contributed by atoms with Crippen molar-refractivity contribution in [2.24, 2.45) is 5.73 Å². The Morgan fingerprint density at radius 2 is 1.71 bits per heavy atom. The van der Waals surface area contributed by atoms with Crippen LogP contribution in [0.1, 0.15) is 49.4 Å². The quantitative estimate of drug-likeness (QED) is 0.770. The van der Waals surface area contributed by atoms with Crippen molar-refractivity contribution >= 4 is 0 Å². The van der Waals surface area contributed by atoms with Crippen LogP contribution in [0, 0.1) is 12.7 Å². The van der Waals surface area contributed by atoms with Crippen molar-refractivity contribution in [3.05, 3.63) is 34.6 Å². The maximum Gasteiger partial charge on any atom is 0.126 e. The van der Waals surface area contributed by atoms with Crippen LogP contribution in [-0.4, -0.2) is 0 Å². The normalized spacial score (nSPS) is 13.4. The molecule has 2 N–H and O–H groups in total. The molecule has 14 heavy (non-hydrogen) atoms. The summed E-state index contributed by atoms with van der Waals surface area (Å²) in [5.74, 6) is 0.0787. The molecular weight excluding hydrogens is 177 g/mol. The van der Waals surface area contributed by atoms with Gasteiger partial charge in [-0.3, -0.25) is 0 Å². The fraction of sp³-hybridized carbons (Fsp3) is 0.500. The molecule has 0 aliphatic carbocycles. The van der Waals surface area contributed by atoms with Crippen LogP contribution in [0.3, 0.4) is 0 Å². The predicted octanol–water partition coefficient (Wildman–Crippen LogP) is 3.28. The maximum atomic E-state index is 13.5. The lowest BCUT2D eigenvalue weighted by Crippen LogP contribution is -2.09. The van der Waals surface area contributed by atoms with Gasteiger partial charge >= 0.3 is 0 Å². The van der Waals surface area contributed by atoms with Crippen LogP contribution in [0.5, 0.6) is 0 Å². The Morgan fingerprint density at radius 3 is 2.14 bits per heavy atom. The van der Waals surface area contributed by atoms with Crippen molar-refractivity contribution in [2.45, 2.75) is 39.7 Å². The summed E-state index contributed by atoms with van der Waals surface area (Å²) in [6.07, 6.45) is 0.